The van der Waals surface area contributed by atoms with Gasteiger partial charge in [-0.1, -0.05) is 0 Å². The summed E-state index contributed by atoms with van der Waals surface area (Å²) in [5.41, 5.74) is 6.16. The Morgan fingerprint density at radius 1 is 1.18 bits per heavy atom. The molecule has 2 rings (SSSR count). The quantitative estimate of drug-likeness (QED) is 0.771. The van der Waals surface area contributed by atoms with Crippen LogP contribution in [0, 0.1) is 0 Å². The SMILES string of the molecule is Nc1ccc(C(F)(F)F)cc1C1CCOCC1. The van der Waals surface area contributed by atoms with Crippen LogP contribution in [0.2, 0.25) is 0 Å². The zero-order valence-electron chi connectivity index (χ0n) is 9.26. The number of ether oxygens (including phenoxy) is 1. The van der Waals surface area contributed by atoms with Crippen molar-refractivity contribution in [3.8, 4) is 0 Å². The van der Waals surface area contributed by atoms with Gasteiger partial charge in [0.05, 0.1) is 5.56 Å². The Balaban J connectivity index is 2.31. The van der Waals surface area contributed by atoms with Gasteiger partial charge >= 0.3 is 6.18 Å². The first kappa shape index (κ1) is 12.2. The van der Waals surface area contributed by atoms with Crippen molar-refractivity contribution >= 4 is 5.69 Å². The molecule has 94 valence electrons. The largest absolute Gasteiger partial charge is 0.416 e. The van der Waals surface area contributed by atoms with Gasteiger partial charge in [-0.15, -0.1) is 0 Å². The van der Waals surface area contributed by atoms with Crippen LogP contribution in [0.1, 0.15) is 29.9 Å². The highest BCUT2D eigenvalue weighted by atomic mass is 19.4. The minimum Gasteiger partial charge on any atom is -0.398 e. The van der Waals surface area contributed by atoms with E-state index < -0.39 is 11.7 Å². The standard InChI is InChI=1S/C12H14F3NO/c13-12(14,15)9-1-2-11(16)10(7-9)8-3-5-17-6-4-8/h1-2,7-8H,3-6,16H2. The summed E-state index contributed by atoms with van der Waals surface area (Å²) in [4.78, 5) is 0. The van der Waals surface area contributed by atoms with Crippen LogP contribution in [0.5, 0.6) is 0 Å². The first-order chi connectivity index (χ1) is 7.98. The molecule has 1 aromatic rings. The minimum absolute atomic E-state index is 0.0750. The number of nitrogen functional groups attached to an aromatic ring is 1. The molecule has 1 aliphatic rings. The van der Waals surface area contributed by atoms with Gasteiger partial charge in [-0.25, -0.2) is 0 Å². The van der Waals surface area contributed by atoms with Crippen molar-refractivity contribution in [3.63, 3.8) is 0 Å². The van der Waals surface area contributed by atoms with E-state index >= 15 is 0 Å². The van der Waals surface area contributed by atoms with Crippen LogP contribution in [0.4, 0.5) is 18.9 Å². The average molecular weight is 245 g/mol. The fraction of sp³-hybridized carbons (Fsp3) is 0.500. The molecule has 0 unspecified atom stereocenters. The van der Waals surface area contributed by atoms with Crippen molar-refractivity contribution in [2.24, 2.45) is 0 Å². The molecule has 2 nitrogen and oxygen atoms in total. The molecule has 0 saturated carbocycles. The third kappa shape index (κ3) is 2.72. The highest BCUT2D eigenvalue weighted by molar-refractivity contribution is 5.51. The maximum absolute atomic E-state index is 12.6. The lowest BCUT2D eigenvalue weighted by Gasteiger charge is -2.24. The van der Waals surface area contributed by atoms with Crippen molar-refractivity contribution in [2.45, 2.75) is 24.9 Å². The maximum Gasteiger partial charge on any atom is 0.416 e. The second kappa shape index (κ2) is 4.56. The second-order valence-electron chi connectivity index (χ2n) is 4.23. The Bertz CT molecular complexity index is 397. The summed E-state index contributed by atoms with van der Waals surface area (Å²) in [6, 6.07) is 3.54. The number of benzene rings is 1. The lowest BCUT2D eigenvalue weighted by molar-refractivity contribution is -0.137. The monoisotopic (exact) mass is 245 g/mol. The molecule has 0 amide bonds. The topological polar surface area (TPSA) is 35.2 Å². The molecular formula is C12H14F3NO. The smallest absolute Gasteiger partial charge is 0.398 e. The molecule has 0 radical (unpaired) electrons. The molecule has 1 heterocycles. The number of hydrogen-bond donors (Lipinski definition) is 1. The van der Waals surface area contributed by atoms with Gasteiger partial charge in [-0.05, 0) is 42.5 Å². The van der Waals surface area contributed by atoms with E-state index in [0.29, 0.717) is 24.5 Å². The molecule has 0 atom stereocenters. The van der Waals surface area contributed by atoms with Gasteiger partial charge in [0, 0.05) is 18.9 Å². The van der Waals surface area contributed by atoms with Crippen molar-refractivity contribution in [1.29, 1.82) is 0 Å². The number of hydrogen-bond acceptors (Lipinski definition) is 2. The molecule has 0 bridgehead atoms. The predicted octanol–water partition coefficient (Wildman–Crippen LogP) is 3.18. The maximum atomic E-state index is 12.6. The van der Waals surface area contributed by atoms with Gasteiger partial charge in [0.15, 0.2) is 0 Å². The molecule has 17 heavy (non-hydrogen) atoms. The Kier molecular flexibility index (Phi) is 3.28. The average Bonchev–Trinajstić information content (AvgIpc) is 2.29. The van der Waals surface area contributed by atoms with Gasteiger partial charge in [0.25, 0.3) is 0 Å². The van der Waals surface area contributed by atoms with Crippen LogP contribution in [-0.4, -0.2) is 13.2 Å². The van der Waals surface area contributed by atoms with Crippen LogP contribution < -0.4 is 5.73 Å². The van der Waals surface area contributed by atoms with Crippen LogP contribution in [0.25, 0.3) is 0 Å². The van der Waals surface area contributed by atoms with E-state index in [-0.39, 0.29) is 5.92 Å². The fourth-order valence-corrected chi connectivity index (χ4v) is 2.11. The third-order valence-corrected chi connectivity index (χ3v) is 3.08. The van der Waals surface area contributed by atoms with Gasteiger partial charge in [-0.2, -0.15) is 13.2 Å². The summed E-state index contributed by atoms with van der Waals surface area (Å²) in [5.74, 6) is 0.0750. The van der Waals surface area contributed by atoms with E-state index in [0.717, 1.165) is 18.9 Å². The second-order valence-corrected chi connectivity index (χ2v) is 4.23. The van der Waals surface area contributed by atoms with E-state index in [1.165, 1.54) is 12.1 Å². The van der Waals surface area contributed by atoms with Gasteiger partial charge < -0.3 is 10.5 Å². The summed E-state index contributed by atoms with van der Waals surface area (Å²) in [5, 5.41) is 0. The minimum atomic E-state index is -4.31. The number of rotatable bonds is 1. The number of nitrogens with two attached hydrogens (primary N) is 1. The van der Waals surface area contributed by atoms with E-state index in [1.54, 1.807) is 0 Å². The summed E-state index contributed by atoms with van der Waals surface area (Å²) in [7, 11) is 0. The lowest BCUT2D eigenvalue weighted by Crippen LogP contribution is -2.16. The molecule has 2 N–H and O–H groups in total. The number of anilines is 1. The number of alkyl halides is 3. The molecule has 0 aromatic heterocycles. The normalized spacial score (nSPS) is 18.3. The zero-order valence-corrected chi connectivity index (χ0v) is 9.26. The van der Waals surface area contributed by atoms with Crippen LogP contribution in [-0.2, 0) is 10.9 Å². The Morgan fingerprint density at radius 3 is 2.41 bits per heavy atom. The Labute approximate surface area is 97.6 Å². The number of halogens is 3. The molecule has 0 spiro atoms. The zero-order chi connectivity index (χ0) is 12.5. The van der Waals surface area contributed by atoms with Crippen molar-refractivity contribution in [3.05, 3.63) is 29.3 Å². The molecule has 5 heteroatoms. The lowest BCUT2D eigenvalue weighted by atomic mass is 9.89. The molecular weight excluding hydrogens is 231 g/mol. The molecule has 1 fully saturated rings. The van der Waals surface area contributed by atoms with E-state index in [1.807, 2.05) is 0 Å². The summed E-state index contributed by atoms with van der Waals surface area (Å²) >= 11 is 0. The van der Waals surface area contributed by atoms with Crippen LogP contribution in [0.3, 0.4) is 0 Å². The van der Waals surface area contributed by atoms with Crippen molar-refractivity contribution in [1.82, 2.24) is 0 Å². The fourth-order valence-electron chi connectivity index (χ4n) is 2.11. The van der Waals surface area contributed by atoms with Gasteiger partial charge in [0.2, 0.25) is 0 Å². The van der Waals surface area contributed by atoms with Crippen LogP contribution in [0.15, 0.2) is 18.2 Å². The molecule has 0 aliphatic carbocycles. The first-order valence-corrected chi connectivity index (χ1v) is 5.53. The summed E-state index contributed by atoms with van der Waals surface area (Å²) in [6.45, 7) is 1.17. The highest BCUT2D eigenvalue weighted by Crippen LogP contribution is 2.36. The third-order valence-electron chi connectivity index (χ3n) is 3.08. The highest BCUT2D eigenvalue weighted by Gasteiger charge is 2.31. The molecule has 1 aliphatic heterocycles. The predicted molar refractivity (Wildman–Crippen MR) is 58.7 cm³/mol. The van der Waals surface area contributed by atoms with E-state index in [9.17, 15) is 13.2 Å². The Hall–Kier alpha value is -1.23. The summed E-state index contributed by atoms with van der Waals surface area (Å²) in [6.07, 6.45) is -2.86. The Morgan fingerprint density at radius 2 is 1.82 bits per heavy atom. The van der Waals surface area contributed by atoms with Gasteiger partial charge in [-0.3, -0.25) is 0 Å². The van der Waals surface area contributed by atoms with Gasteiger partial charge in [0.1, 0.15) is 0 Å². The van der Waals surface area contributed by atoms with E-state index in [2.05, 4.69) is 0 Å². The molecule has 1 aromatic carbocycles. The first-order valence-electron chi connectivity index (χ1n) is 5.53. The van der Waals surface area contributed by atoms with Crippen LogP contribution >= 0.6 is 0 Å². The summed E-state index contributed by atoms with van der Waals surface area (Å²) < 4.78 is 43.0. The molecule has 1 saturated heterocycles. The van der Waals surface area contributed by atoms with Crippen molar-refractivity contribution in [2.75, 3.05) is 18.9 Å². The van der Waals surface area contributed by atoms with E-state index in [4.69, 9.17) is 10.5 Å². The van der Waals surface area contributed by atoms with Crippen molar-refractivity contribution < 1.29 is 17.9 Å².